The Labute approximate surface area is 69.3 Å². The van der Waals surface area contributed by atoms with E-state index in [4.69, 9.17) is 0 Å². The fourth-order valence-corrected chi connectivity index (χ4v) is 1.07. The van der Waals surface area contributed by atoms with Crippen LogP contribution in [0.4, 0.5) is 0 Å². The highest BCUT2D eigenvalue weighted by Crippen LogP contribution is 2.02. The van der Waals surface area contributed by atoms with Crippen molar-refractivity contribution in [1.29, 1.82) is 0 Å². The largest absolute Gasteiger partial charge is 0.0885 e. The van der Waals surface area contributed by atoms with Crippen molar-refractivity contribution < 1.29 is 0 Å². The van der Waals surface area contributed by atoms with E-state index in [9.17, 15) is 0 Å². The summed E-state index contributed by atoms with van der Waals surface area (Å²) in [6.45, 7) is 0. The van der Waals surface area contributed by atoms with Crippen molar-refractivity contribution in [2.24, 2.45) is 0 Å². The van der Waals surface area contributed by atoms with Crippen molar-refractivity contribution in [3.05, 3.63) is 36.5 Å². The van der Waals surface area contributed by atoms with Crippen LogP contribution in [0, 0.1) is 6.08 Å². The van der Waals surface area contributed by atoms with E-state index in [0.29, 0.717) is 0 Å². The van der Waals surface area contributed by atoms with Gasteiger partial charge in [-0.1, -0.05) is 30.4 Å². The molecule has 59 valence electrons. The normalized spacial score (nSPS) is 28.4. The quantitative estimate of drug-likeness (QED) is 0.460. The molecule has 0 aromatic heterocycles. The lowest BCUT2D eigenvalue weighted by molar-refractivity contribution is 0.864. The molecule has 0 aromatic carbocycles. The maximum absolute atomic E-state index is 3.14. The van der Waals surface area contributed by atoms with Crippen LogP contribution in [0.5, 0.6) is 0 Å². The molecule has 1 radical (unpaired) electrons. The summed E-state index contributed by atoms with van der Waals surface area (Å²) in [5.74, 6) is 0. The molecule has 0 N–H and O–H groups in total. The maximum Gasteiger partial charge on any atom is -0.0230 e. The van der Waals surface area contributed by atoms with Crippen molar-refractivity contribution in [2.75, 3.05) is 0 Å². The standard InChI is InChI=1S/C11H15/c1-2-4-6-8-10-11-9-7-5-3-1/h1-2,7,10-11H,3-6,8H2/b2-1-,9-7?,11-10-. The van der Waals surface area contributed by atoms with Crippen LogP contribution in [-0.2, 0) is 0 Å². The van der Waals surface area contributed by atoms with Gasteiger partial charge in [-0.25, -0.2) is 0 Å². The second kappa shape index (κ2) is 5.96. The van der Waals surface area contributed by atoms with Crippen LogP contribution in [0.25, 0.3) is 0 Å². The van der Waals surface area contributed by atoms with Crippen molar-refractivity contribution in [3.63, 3.8) is 0 Å². The van der Waals surface area contributed by atoms with Gasteiger partial charge in [0.25, 0.3) is 0 Å². The van der Waals surface area contributed by atoms with Crippen molar-refractivity contribution in [3.8, 4) is 0 Å². The van der Waals surface area contributed by atoms with E-state index >= 15 is 0 Å². The average molecular weight is 147 g/mol. The summed E-state index contributed by atoms with van der Waals surface area (Å²) in [6.07, 6.45) is 20.0. The summed E-state index contributed by atoms with van der Waals surface area (Å²) in [6, 6.07) is 0. The third-order valence-electron chi connectivity index (χ3n) is 1.72. The molecule has 1 aliphatic carbocycles. The Bertz CT molecular complexity index is 161. The van der Waals surface area contributed by atoms with Crippen LogP contribution in [-0.4, -0.2) is 0 Å². The molecule has 0 heteroatoms. The van der Waals surface area contributed by atoms with Gasteiger partial charge in [-0.15, -0.1) is 0 Å². The molecule has 1 aliphatic rings. The van der Waals surface area contributed by atoms with Gasteiger partial charge in [0.05, 0.1) is 0 Å². The molecule has 0 unspecified atom stereocenters. The zero-order valence-corrected chi connectivity index (χ0v) is 6.92. The molecule has 0 bridgehead atoms. The third kappa shape index (κ3) is 4.60. The molecular weight excluding hydrogens is 132 g/mol. The lowest BCUT2D eigenvalue weighted by Gasteiger charge is -1.88. The Kier molecular flexibility index (Phi) is 4.51. The molecule has 0 fully saturated rings. The monoisotopic (exact) mass is 147 g/mol. The predicted molar refractivity (Wildman–Crippen MR) is 49.2 cm³/mol. The molecule has 0 nitrogen and oxygen atoms in total. The molecule has 11 heavy (non-hydrogen) atoms. The van der Waals surface area contributed by atoms with Gasteiger partial charge in [0.15, 0.2) is 0 Å². The fourth-order valence-electron chi connectivity index (χ4n) is 1.07. The zero-order valence-electron chi connectivity index (χ0n) is 6.92. The molecule has 0 heterocycles. The van der Waals surface area contributed by atoms with E-state index < -0.39 is 0 Å². The first-order valence-corrected chi connectivity index (χ1v) is 4.38. The maximum atomic E-state index is 3.14. The highest BCUT2D eigenvalue weighted by atomic mass is 13.9. The molecule has 0 saturated heterocycles. The lowest BCUT2D eigenvalue weighted by Crippen LogP contribution is -1.68. The van der Waals surface area contributed by atoms with E-state index in [2.05, 4.69) is 30.4 Å². The van der Waals surface area contributed by atoms with Gasteiger partial charge in [-0.05, 0) is 38.2 Å². The minimum atomic E-state index is 1.13. The van der Waals surface area contributed by atoms with Gasteiger partial charge in [-0.3, -0.25) is 0 Å². The Morgan fingerprint density at radius 2 is 1.64 bits per heavy atom. The number of rotatable bonds is 0. The molecule has 0 amide bonds. The van der Waals surface area contributed by atoms with Crippen LogP contribution in [0.3, 0.4) is 0 Å². The first kappa shape index (κ1) is 8.32. The minimum Gasteiger partial charge on any atom is -0.0885 e. The average Bonchev–Trinajstić information content (AvgIpc) is 2.08. The highest BCUT2D eigenvalue weighted by molar-refractivity contribution is 4.97. The number of hydrogen-bond acceptors (Lipinski definition) is 0. The van der Waals surface area contributed by atoms with Gasteiger partial charge in [0.1, 0.15) is 0 Å². The summed E-state index contributed by atoms with van der Waals surface area (Å²) in [4.78, 5) is 0. The van der Waals surface area contributed by atoms with E-state index in [-0.39, 0.29) is 0 Å². The lowest BCUT2D eigenvalue weighted by atomic mass is 10.2. The van der Waals surface area contributed by atoms with Crippen molar-refractivity contribution >= 4 is 0 Å². The molecule has 0 saturated carbocycles. The molecule has 0 aliphatic heterocycles. The van der Waals surface area contributed by atoms with Crippen molar-refractivity contribution in [2.45, 2.75) is 32.1 Å². The minimum absolute atomic E-state index is 1.13. The van der Waals surface area contributed by atoms with Crippen LogP contribution in [0.1, 0.15) is 32.1 Å². The molecule has 1 rings (SSSR count). The van der Waals surface area contributed by atoms with Gasteiger partial charge < -0.3 is 0 Å². The molecule has 0 spiro atoms. The predicted octanol–water partition coefficient (Wildman–Crippen LogP) is 3.42. The SMILES string of the molecule is [C]1=C\CC/C=C\CCC\C=C/1. The third-order valence-corrected chi connectivity index (χ3v) is 1.72. The van der Waals surface area contributed by atoms with Crippen LogP contribution in [0.2, 0.25) is 0 Å². The smallest absolute Gasteiger partial charge is 0.0230 e. The zero-order chi connectivity index (χ0) is 7.78. The highest BCUT2D eigenvalue weighted by Gasteiger charge is 1.82. The van der Waals surface area contributed by atoms with Crippen LogP contribution < -0.4 is 0 Å². The van der Waals surface area contributed by atoms with Gasteiger partial charge in [-0.2, -0.15) is 0 Å². The summed E-state index contributed by atoms with van der Waals surface area (Å²) in [7, 11) is 0. The molecule has 0 atom stereocenters. The summed E-state index contributed by atoms with van der Waals surface area (Å²) in [5.41, 5.74) is 0. The second-order valence-electron chi connectivity index (χ2n) is 2.75. The van der Waals surface area contributed by atoms with Crippen LogP contribution >= 0.6 is 0 Å². The Morgan fingerprint density at radius 1 is 0.818 bits per heavy atom. The molecular formula is C11H15. The Hall–Kier alpha value is -0.780. The fraction of sp³-hybridized carbons (Fsp3) is 0.455. The first-order valence-electron chi connectivity index (χ1n) is 4.38. The second-order valence-corrected chi connectivity index (χ2v) is 2.75. The molecule has 0 aromatic rings. The topological polar surface area (TPSA) is 0 Å². The summed E-state index contributed by atoms with van der Waals surface area (Å²) in [5, 5.41) is 0. The Balaban J connectivity index is 2.34. The van der Waals surface area contributed by atoms with Gasteiger partial charge in [0.2, 0.25) is 0 Å². The Morgan fingerprint density at radius 3 is 2.64 bits per heavy atom. The summed E-state index contributed by atoms with van der Waals surface area (Å²) < 4.78 is 0. The number of allylic oxidation sites excluding steroid dienone is 6. The van der Waals surface area contributed by atoms with Crippen molar-refractivity contribution in [1.82, 2.24) is 0 Å². The van der Waals surface area contributed by atoms with Gasteiger partial charge >= 0.3 is 0 Å². The van der Waals surface area contributed by atoms with E-state index in [1.807, 2.05) is 6.08 Å². The number of hydrogen-bond donors (Lipinski definition) is 0. The first-order chi connectivity index (χ1) is 5.50. The van der Waals surface area contributed by atoms with E-state index in [0.717, 1.165) is 6.42 Å². The van der Waals surface area contributed by atoms with Crippen LogP contribution in [0.15, 0.2) is 30.4 Å². The van der Waals surface area contributed by atoms with E-state index in [1.165, 1.54) is 25.7 Å². The summed E-state index contributed by atoms with van der Waals surface area (Å²) >= 11 is 0. The van der Waals surface area contributed by atoms with Gasteiger partial charge in [0, 0.05) is 0 Å². The van der Waals surface area contributed by atoms with E-state index in [1.54, 1.807) is 0 Å².